The number of hydrogen-bond donors (Lipinski definition) is 1. The Balaban J connectivity index is 1.74. The summed E-state index contributed by atoms with van der Waals surface area (Å²) in [5, 5.41) is 14.3. The van der Waals surface area contributed by atoms with Crippen LogP contribution in [0.1, 0.15) is 23.2 Å². The molecule has 8 heteroatoms. The van der Waals surface area contributed by atoms with Crippen molar-refractivity contribution in [2.75, 3.05) is 40.4 Å². The fourth-order valence-electron chi connectivity index (χ4n) is 3.37. The molecule has 1 fully saturated rings. The summed E-state index contributed by atoms with van der Waals surface area (Å²) in [5.74, 6) is -0.115. The third kappa shape index (κ3) is 4.21. The molecule has 25 heavy (non-hydrogen) atoms. The van der Waals surface area contributed by atoms with Crippen LogP contribution in [0.4, 0.5) is 0 Å². The van der Waals surface area contributed by atoms with E-state index in [4.69, 9.17) is 4.74 Å². The van der Waals surface area contributed by atoms with Crippen molar-refractivity contribution in [3.8, 4) is 5.69 Å². The molecule has 0 spiro atoms. The molecule has 2 aromatic rings. The lowest BCUT2D eigenvalue weighted by molar-refractivity contribution is 0.00285. The SMILES string of the molecule is CN(C)CC1(CNC(=O)c2ccccc2-n2cnnn2)CCOCC1. The first kappa shape index (κ1) is 17.5. The van der Waals surface area contributed by atoms with Gasteiger partial charge in [-0.2, -0.15) is 4.68 Å². The second-order valence-electron chi connectivity index (χ2n) is 6.80. The Kier molecular flexibility index (Phi) is 5.40. The van der Waals surface area contributed by atoms with Crippen LogP contribution in [0.2, 0.25) is 0 Å². The molecule has 8 nitrogen and oxygen atoms in total. The number of para-hydroxylation sites is 1. The summed E-state index contributed by atoms with van der Waals surface area (Å²) < 4.78 is 7.01. The normalized spacial score (nSPS) is 16.8. The summed E-state index contributed by atoms with van der Waals surface area (Å²) in [4.78, 5) is 15.0. The second kappa shape index (κ2) is 7.71. The zero-order chi connectivity index (χ0) is 17.7. The summed E-state index contributed by atoms with van der Waals surface area (Å²) in [6.07, 6.45) is 3.37. The maximum Gasteiger partial charge on any atom is 0.253 e. The number of amides is 1. The predicted octanol–water partition coefficient (Wildman–Crippen LogP) is 0.750. The zero-order valence-electron chi connectivity index (χ0n) is 14.7. The van der Waals surface area contributed by atoms with Crippen LogP contribution < -0.4 is 5.32 Å². The Morgan fingerprint density at radius 2 is 2.08 bits per heavy atom. The lowest BCUT2D eigenvalue weighted by Crippen LogP contribution is -2.47. The van der Waals surface area contributed by atoms with Crippen LogP contribution in [-0.4, -0.2) is 71.4 Å². The van der Waals surface area contributed by atoms with E-state index in [1.165, 1.54) is 11.0 Å². The third-order valence-electron chi connectivity index (χ3n) is 4.57. The Labute approximate surface area is 147 Å². The van der Waals surface area contributed by atoms with Crippen LogP contribution in [0.5, 0.6) is 0 Å². The first-order chi connectivity index (χ1) is 12.1. The maximum absolute atomic E-state index is 12.8. The molecular weight excluding hydrogens is 320 g/mol. The van der Waals surface area contributed by atoms with E-state index in [2.05, 4.69) is 39.8 Å². The van der Waals surface area contributed by atoms with Gasteiger partial charge >= 0.3 is 0 Å². The number of tetrazole rings is 1. The van der Waals surface area contributed by atoms with E-state index in [1.54, 1.807) is 6.07 Å². The molecule has 1 aliphatic rings. The number of hydrogen-bond acceptors (Lipinski definition) is 6. The van der Waals surface area contributed by atoms with Crippen LogP contribution in [0.25, 0.3) is 5.69 Å². The van der Waals surface area contributed by atoms with Crippen molar-refractivity contribution in [1.29, 1.82) is 0 Å². The van der Waals surface area contributed by atoms with Gasteiger partial charge in [-0.05, 0) is 49.5 Å². The fraction of sp³-hybridized carbons (Fsp3) is 0.529. The van der Waals surface area contributed by atoms with E-state index in [9.17, 15) is 4.79 Å². The number of ether oxygens (including phenoxy) is 1. The van der Waals surface area contributed by atoms with Crippen molar-refractivity contribution in [3.05, 3.63) is 36.2 Å². The second-order valence-corrected chi connectivity index (χ2v) is 6.80. The first-order valence-corrected chi connectivity index (χ1v) is 8.43. The standard InChI is InChI=1S/C17H24N6O2/c1-22(2)12-17(7-9-25-10-8-17)11-18-16(24)14-5-3-4-6-15(14)23-13-19-20-21-23/h3-6,13H,7-12H2,1-2H3,(H,18,24). The summed E-state index contributed by atoms with van der Waals surface area (Å²) in [6.45, 7) is 3.03. The number of nitrogens with zero attached hydrogens (tertiary/aromatic N) is 5. The lowest BCUT2D eigenvalue weighted by Gasteiger charge is -2.39. The summed E-state index contributed by atoms with van der Waals surface area (Å²) in [5.41, 5.74) is 1.27. The van der Waals surface area contributed by atoms with Crippen molar-refractivity contribution in [2.24, 2.45) is 5.41 Å². The molecule has 1 amide bonds. The highest BCUT2D eigenvalue weighted by Gasteiger charge is 2.33. The summed E-state index contributed by atoms with van der Waals surface area (Å²) >= 11 is 0. The van der Waals surface area contributed by atoms with Gasteiger partial charge in [0, 0.05) is 31.7 Å². The Morgan fingerprint density at radius 3 is 2.76 bits per heavy atom. The van der Waals surface area contributed by atoms with Gasteiger partial charge in [-0.15, -0.1) is 5.10 Å². The molecule has 1 aliphatic heterocycles. The number of aromatic nitrogens is 4. The van der Waals surface area contributed by atoms with Gasteiger partial charge in [0.1, 0.15) is 6.33 Å². The number of rotatable bonds is 6. The van der Waals surface area contributed by atoms with Gasteiger partial charge in [0.05, 0.1) is 11.3 Å². The minimum absolute atomic E-state index is 0.0428. The largest absolute Gasteiger partial charge is 0.381 e. The van der Waals surface area contributed by atoms with Crippen molar-refractivity contribution < 1.29 is 9.53 Å². The minimum Gasteiger partial charge on any atom is -0.381 e. The number of carbonyl (C=O) groups is 1. The zero-order valence-corrected chi connectivity index (χ0v) is 14.7. The Hall–Kier alpha value is -2.32. The molecule has 1 N–H and O–H groups in total. The predicted molar refractivity (Wildman–Crippen MR) is 92.5 cm³/mol. The molecule has 0 radical (unpaired) electrons. The monoisotopic (exact) mass is 344 g/mol. The summed E-state index contributed by atoms with van der Waals surface area (Å²) in [6, 6.07) is 7.32. The Morgan fingerprint density at radius 1 is 1.32 bits per heavy atom. The van der Waals surface area contributed by atoms with Crippen LogP contribution in [0, 0.1) is 5.41 Å². The maximum atomic E-state index is 12.8. The van der Waals surface area contributed by atoms with Crippen molar-refractivity contribution in [3.63, 3.8) is 0 Å². The molecule has 1 aromatic carbocycles. The third-order valence-corrected chi connectivity index (χ3v) is 4.57. The molecule has 0 aliphatic carbocycles. The molecule has 0 saturated carbocycles. The van der Waals surface area contributed by atoms with E-state index in [1.807, 2.05) is 18.2 Å². The van der Waals surface area contributed by atoms with Gasteiger partial charge in [-0.1, -0.05) is 12.1 Å². The summed E-state index contributed by atoms with van der Waals surface area (Å²) in [7, 11) is 4.12. The van der Waals surface area contributed by atoms with Crippen LogP contribution in [0.15, 0.2) is 30.6 Å². The van der Waals surface area contributed by atoms with Crippen LogP contribution >= 0.6 is 0 Å². The first-order valence-electron chi connectivity index (χ1n) is 8.43. The lowest BCUT2D eigenvalue weighted by atomic mass is 9.79. The molecule has 3 rings (SSSR count). The van der Waals surface area contributed by atoms with Crippen molar-refractivity contribution >= 4 is 5.91 Å². The van der Waals surface area contributed by atoms with E-state index < -0.39 is 0 Å². The van der Waals surface area contributed by atoms with E-state index >= 15 is 0 Å². The molecule has 2 heterocycles. The van der Waals surface area contributed by atoms with Gasteiger partial charge in [0.25, 0.3) is 5.91 Å². The molecule has 0 atom stereocenters. The topological polar surface area (TPSA) is 85.2 Å². The number of carbonyl (C=O) groups excluding carboxylic acids is 1. The van der Waals surface area contributed by atoms with Gasteiger partial charge in [0.15, 0.2) is 0 Å². The Bertz CT molecular complexity index is 695. The van der Waals surface area contributed by atoms with E-state index in [0.29, 0.717) is 17.8 Å². The number of nitrogens with one attached hydrogen (secondary N) is 1. The number of benzene rings is 1. The smallest absolute Gasteiger partial charge is 0.253 e. The minimum atomic E-state index is -0.115. The molecular formula is C17H24N6O2. The molecule has 0 bridgehead atoms. The van der Waals surface area contributed by atoms with Gasteiger partial charge in [-0.3, -0.25) is 4.79 Å². The quantitative estimate of drug-likeness (QED) is 0.832. The van der Waals surface area contributed by atoms with Crippen LogP contribution in [-0.2, 0) is 4.74 Å². The van der Waals surface area contributed by atoms with Crippen LogP contribution in [0.3, 0.4) is 0 Å². The highest BCUT2D eigenvalue weighted by Crippen LogP contribution is 2.30. The van der Waals surface area contributed by atoms with Gasteiger partial charge < -0.3 is 15.0 Å². The van der Waals surface area contributed by atoms with E-state index in [-0.39, 0.29) is 11.3 Å². The van der Waals surface area contributed by atoms with Crippen molar-refractivity contribution in [2.45, 2.75) is 12.8 Å². The van der Waals surface area contributed by atoms with E-state index in [0.717, 1.165) is 32.6 Å². The molecule has 134 valence electrons. The van der Waals surface area contributed by atoms with Gasteiger partial charge in [-0.25, -0.2) is 0 Å². The molecule has 1 saturated heterocycles. The molecule has 1 aromatic heterocycles. The van der Waals surface area contributed by atoms with Crippen molar-refractivity contribution in [1.82, 2.24) is 30.4 Å². The molecule has 0 unspecified atom stereocenters. The van der Waals surface area contributed by atoms with Gasteiger partial charge in [0.2, 0.25) is 0 Å². The average molecular weight is 344 g/mol. The highest BCUT2D eigenvalue weighted by molar-refractivity contribution is 5.97. The fourth-order valence-corrected chi connectivity index (χ4v) is 3.37. The average Bonchev–Trinajstić information content (AvgIpc) is 3.14. The highest BCUT2D eigenvalue weighted by atomic mass is 16.5.